The van der Waals surface area contributed by atoms with Crippen molar-refractivity contribution in [1.29, 1.82) is 0 Å². The molecule has 0 radical (unpaired) electrons. The quantitative estimate of drug-likeness (QED) is 0.310. The number of para-hydroxylation sites is 1. The number of carbonyl (C=O) groups excluding carboxylic acids is 4. The Bertz CT molecular complexity index is 1760. The second-order valence-corrected chi connectivity index (χ2v) is 14.0. The molecule has 3 aromatic rings. The van der Waals surface area contributed by atoms with E-state index in [-0.39, 0.29) is 42.2 Å². The Kier molecular flexibility index (Phi) is 7.29. The summed E-state index contributed by atoms with van der Waals surface area (Å²) in [5.41, 5.74) is 1.49. The third-order valence-corrected chi connectivity index (χ3v) is 11.6. The molecule has 0 unspecified atom stereocenters. The number of benzene rings is 2. The number of piperidine rings is 1. The second-order valence-electron chi connectivity index (χ2n) is 14.0. The molecule has 2 aliphatic carbocycles. The van der Waals surface area contributed by atoms with Crippen molar-refractivity contribution < 1.29 is 28.7 Å². The van der Waals surface area contributed by atoms with Crippen LogP contribution in [0.1, 0.15) is 55.6 Å². The first-order valence-electron chi connectivity index (χ1n) is 16.8. The maximum absolute atomic E-state index is 14.4. The molecule has 47 heavy (non-hydrogen) atoms. The summed E-state index contributed by atoms with van der Waals surface area (Å²) in [5.74, 6) is -2.76. The molecule has 4 fully saturated rings. The molecular formula is C38H39N3O6. The predicted octanol–water partition coefficient (Wildman–Crippen LogP) is 4.67. The van der Waals surface area contributed by atoms with Crippen molar-refractivity contribution in [3.8, 4) is 0 Å². The minimum Gasteiger partial charge on any atom is -0.463 e. The number of aliphatic hydroxyl groups excluding tert-OH is 1. The number of fused-ring (bicyclic) bond motifs is 4. The van der Waals surface area contributed by atoms with Gasteiger partial charge in [0, 0.05) is 25.7 Å². The molecule has 1 aromatic heterocycles. The summed E-state index contributed by atoms with van der Waals surface area (Å²) in [7, 11) is 0. The number of carbonyl (C=O) groups is 4. The van der Waals surface area contributed by atoms with Crippen LogP contribution in [0.25, 0.3) is 0 Å². The van der Waals surface area contributed by atoms with E-state index in [1.54, 1.807) is 41.3 Å². The molecule has 8 rings (SSSR count). The number of hydrogen-bond donors (Lipinski definition) is 1. The van der Waals surface area contributed by atoms with E-state index in [2.05, 4.69) is 17.0 Å². The Hall–Kier alpha value is -4.34. The smallest absolute Gasteiger partial charge is 0.241 e. The predicted molar refractivity (Wildman–Crippen MR) is 172 cm³/mol. The van der Waals surface area contributed by atoms with Crippen molar-refractivity contribution in [3.05, 3.63) is 102 Å². The number of anilines is 1. The monoisotopic (exact) mass is 633 g/mol. The third kappa shape index (κ3) is 4.58. The number of likely N-dealkylation sites (tertiary alicyclic amines) is 2. The first kappa shape index (κ1) is 30.0. The minimum atomic E-state index is -1.16. The normalized spacial score (nSPS) is 31.2. The summed E-state index contributed by atoms with van der Waals surface area (Å²) in [4.78, 5) is 62.3. The molecule has 1 N–H and O–H groups in total. The lowest BCUT2D eigenvalue weighted by Crippen LogP contribution is -2.49. The Balaban J connectivity index is 1.11. The van der Waals surface area contributed by atoms with Gasteiger partial charge >= 0.3 is 0 Å². The van der Waals surface area contributed by atoms with Gasteiger partial charge in [-0.1, -0.05) is 60.2 Å². The van der Waals surface area contributed by atoms with E-state index in [1.165, 1.54) is 10.5 Å². The van der Waals surface area contributed by atoms with E-state index in [0.717, 1.165) is 38.0 Å². The van der Waals surface area contributed by atoms with Crippen molar-refractivity contribution in [2.75, 3.05) is 18.0 Å². The van der Waals surface area contributed by atoms with Gasteiger partial charge in [-0.3, -0.25) is 29.0 Å². The molecule has 0 bridgehead atoms. The molecule has 9 heteroatoms. The highest BCUT2D eigenvalue weighted by Crippen LogP contribution is 2.63. The summed E-state index contributed by atoms with van der Waals surface area (Å²) in [6.45, 7) is 4.00. The SMILES string of the molecule is C[C@@]12C(=O)N(c3ccccc3)C(=O)[C@@H]1C[C@@H]1C(=CC[C@@H]3C(=O)N(C4CCN(Cc5ccccc5)CC4)C(=O)[C@@H]31)[C@@H]2c1ccc(CO)o1. The highest BCUT2D eigenvalue weighted by molar-refractivity contribution is 6.24. The van der Waals surface area contributed by atoms with Gasteiger partial charge < -0.3 is 9.52 Å². The van der Waals surface area contributed by atoms with Gasteiger partial charge in [0.1, 0.15) is 18.1 Å². The molecule has 242 valence electrons. The highest BCUT2D eigenvalue weighted by Gasteiger charge is 2.68. The summed E-state index contributed by atoms with van der Waals surface area (Å²) >= 11 is 0. The fourth-order valence-electron chi connectivity index (χ4n) is 9.34. The maximum atomic E-state index is 14.4. The molecule has 9 nitrogen and oxygen atoms in total. The molecule has 0 spiro atoms. The zero-order valence-corrected chi connectivity index (χ0v) is 26.5. The van der Waals surface area contributed by atoms with E-state index < -0.39 is 29.1 Å². The molecule has 3 saturated heterocycles. The molecule has 2 aromatic carbocycles. The van der Waals surface area contributed by atoms with Crippen molar-refractivity contribution in [2.24, 2.45) is 29.1 Å². The van der Waals surface area contributed by atoms with Crippen LogP contribution in [0.3, 0.4) is 0 Å². The van der Waals surface area contributed by atoms with Crippen LogP contribution < -0.4 is 4.90 Å². The van der Waals surface area contributed by atoms with E-state index in [9.17, 15) is 24.3 Å². The van der Waals surface area contributed by atoms with Crippen LogP contribution >= 0.6 is 0 Å². The first-order valence-corrected chi connectivity index (χ1v) is 16.8. The molecule has 5 aliphatic rings. The number of rotatable bonds is 6. The van der Waals surface area contributed by atoms with Crippen LogP contribution in [0.15, 0.2) is 88.9 Å². The van der Waals surface area contributed by atoms with Crippen LogP contribution in [0.2, 0.25) is 0 Å². The number of aliphatic hydroxyl groups is 1. The lowest BCUT2D eigenvalue weighted by Gasteiger charge is -2.48. The highest BCUT2D eigenvalue weighted by atomic mass is 16.4. The van der Waals surface area contributed by atoms with Gasteiger partial charge in [0.2, 0.25) is 23.6 Å². The largest absolute Gasteiger partial charge is 0.463 e. The summed E-state index contributed by atoms with van der Waals surface area (Å²) in [6, 6.07) is 22.6. The Labute approximate surface area is 273 Å². The molecule has 4 heterocycles. The van der Waals surface area contributed by atoms with Crippen molar-refractivity contribution in [2.45, 2.75) is 57.7 Å². The van der Waals surface area contributed by atoms with Gasteiger partial charge in [0.05, 0.1) is 34.8 Å². The van der Waals surface area contributed by atoms with Crippen molar-refractivity contribution in [1.82, 2.24) is 9.80 Å². The topological polar surface area (TPSA) is 111 Å². The van der Waals surface area contributed by atoms with Crippen LogP contribution in [0, 0.1) is 29.1 Å². The molecular weight excluding hydrogens is 594 g/mol. The number of hydrogen-bond acceptors (Lipinski definition) is 7. The lowest BCUT2D eigenvalue weighted by atomic mass is 9.52. The van der Waals surface area contributed by atoms with Crippen LogP contribution in [0.4, 0.5) is 5.69 Å². The summed E-state index contributed by atoms with van der Waals surface area (Å²) in [6.07, 6.45) is 4.21. The zero-order valence-electron chi connectivity index (χ0n) is 26.5. The summed E-state index contributed by atoms with van der Waals surface area (Å²) in [5, 5.41) is 9.82. The fraction of sp³-hybridized carbons (Fsp3) is 0.421. The van der Waals surface area contributed by atoms with Gasteiger partial charge in [-0.05, 0) is 68.4 Å². The fourth-order valence-corrected chi connectivity index (χ4v) is 9.34. The first-order chi connectivity index (χ1) is 22.8. The number of nitrogens with zero attached hydrogens (tertiary/aromatic N) is 3. The molecule has 3 aliphatic heterocycles. The standard InChI is InChI=1S/C38H39N3O6/c1-38-30(35(44)41(37(38)46)24-10-6-3-7-11-24)20-29-27(33(38)31-15-12-26(22-42)47-31)13-14-28-32(29)36(45)40(34(28)43)25-16-18-39(19-17-25)21-23-8-4-2-5-9-23/h2-13,15,25,28-30,32-33,42H,14,16-22H2,1H3/t28-,29+,30-,32-,33+,38+/m0/s1. The van der Waals surface area contributed by atoms with Gasteiger partial charge in [0.15, 0.2) is 0 Å². The molecule has 4 amide bonds. The lowest BCUT2D eigenvalue weighted by molar-refractivity contribution is -0.144. The number of furan rings is 1. The number of imide groups is 2. The van der Waals surface area contributed by atoms with Crippen LogP contribution in [-0.2, 0) is 32.3 Å². The number of allylic oxidation sites excluding steroid dienone is 2. The van der Waals surface area contributed by atoms with E-state index in [0.29, 0.717) is 30.0 Å². The van der Waals surface area contributed by atoms with Gasteiger partial charge in [-0.15, -0.1) is 0 Å². The van der Waals surface area contributed by atoms with E-state index >= 15 is 0 Å². The van der Waals surface area contributed by atoms with Crippen LogP contribution in [0.5, 0.6) is 0 Å². The van der Waals surface area contributed by atoms with Crippen molar-refractivity contribution in [3.63, 3.8) is 0 Å². The van der Waals surface area contributed by atoms with E-state index in [1.807, 2.05) is 37.3 Å². The Morgan fingerprint density at radius 3 is 2.23 bits per heavy atom. The van der Waals surface area contributed by atoms with Gasteiger partial charge in [-0.25, -0.2) is 4.90 Å². The third-order valence-electron chi connectivity index (χ3n) is 11.6. The van der Waals surface area contributed by atoms with Crippen LogP contribution in [-0.4, -0.2) is 57.7 Å². The average Bonchev–Trinajstić information content (AvgIpc) is 3.72. The van der Waals surface area contributed by atoms with Crippen molar-refractivity contribution >= 4 is 29.3 Å². The summed E-state index contributed by atoms with van der Waals surface area (Å²) < 4.78 is 6.11. The van der Waals surface area contributed by atoms with Gasteiger partial charge in [-0.2, -0.15) is 0 Å². The Morgan fingerprint density at radius 1 is 0.851 bits per heavy atom. The second kappa shape index (κ2) is 11.4. The van der Waals surface area contributed by atoms with E-state index in [4.69, 9.17) is 4.42 Å². The maximum Gasteiger partial charge on any atom is 0.241 e. The molecule has 1 saturated carbocycles. The molecule has 6 atom stereocenters. The average molecular weight is 634 g/mol. The van der Waals surface area contributed by atoms with Gasteiger partial charge in [0.25, 0.3) is 0 Å². The zero-order chi connectivity index (χ0) is 32.4. The Morgan fingerprint density at radius 2 is 1.55 bits per heavy atom. The minimum absolute atomic E-state index is 0.109. The number of amides is 4.